The largest absolute Gasteiger partial charge is 0.351 e. The van der Waals surface area contributed by atoms with E-state index in [1.54, 1.807) is 30.3 Å². The van der Waals surface area contributed by atoms with Crippen molar-refractivity contribution in [1.82, 2.24) is 15.0 Å². The molecule has 0 atom stereocenters. The quantitative estimate of drug-likeness (QED) is 0.512. The van der Waals surface area contributed by atoms with Gasteiger partial charge in [0, 0.05) is 11.6 Å². The lowest BCUT2D eigenvalue weighted by atomic mass is 10.1. The minimum atomic E-state index is -0.891. The fraction of sp³-hybridized carbons (Fsp3) is 0. The van der Waals surface area contributed by atoms with Crippen LogP contribution >= 0.6 is 0 Å². The number of amides is 2. The number of nitro groups is 2. The molecule has 1 heterocycles. The van der Waals surface area contributed by atoms with Gasteiger partial charge in [-0.3, -0.25) is 25.5 Å². The summed E-state index contributed by atoms with van der Waals surface area (Å²) in [5.41, 5.74) is 4.82. The number of carbonyl (C=O) groups excluding carboxylic acids is 1. The first-order valence-corrected chi connectivity index (χ1v) is 7.39. The average Bonchev–Trinajstić information content (AvgIpc) is 3.04. The molecule has 0 unspecified atom stereocenters. The lowest BCUT2D eigenvalue weighted by Gasteiger charge is -2.01. The van der Waals surface area contributed by atoms with E-state index in [1.165, 1.54) is 0 Å². The van der Waals surface area contributed by atoms with E-state index in [2.05, 4.69) is 15.5 Å². The number of carbonyl (C=O) groups is 1. The number of nitrogens with one attached hydrogen (secondary N) is 1. The zero-order chi connectivity index (χ0) is 19.6. The zero-order valence-electron chi connectivity index (χ0n) is 13.5. The highest BCUT2D eigenvalue weighted by molar-refractivity contribution is 5.90. The van der Waals surface area contributed by atoms with E-state index in [4.69, 9.17) is 5.73 Å². The van der Waals surface area contributed by atoms with Crippen molar-refractivity contribution in [3.8, 4) is 16.9 Å². The monoisotopic (exact) mass is 369 g/mol. The van der Waals surface area contributed by atoms with Crippen LogP contribution in [-0.4, -0.2) is 30.9 Å². The molecule has 0 aliphatic rings. The summed E-state index contributed by atoms with van der Waals surface area (Å²) in [5, 5.41) is 32.7. The second kappa shape index (κ2) is 6.87. The Morgan fingerprint density at radius 1 is 1.04 bits per heavy atom. The molecule has 136 valence electrons. The number of hydrogen-bond acceptors (Lipinski definition) is 7. The Kier molecular flexibility index (Phi) is 4.45. The second-order valence-corrected chi connectivity index (χ2v) is 5.23. The molecule has 3 rings (SSSR count). The van der Waals surface area contributed by atoms with Crippen molar-refractivity contribution in [1.29, 1.82) is 0 Å². The number of primary amides is 1. The molecule has 0 fully saturated rings. The van der Waals surface area contributed by atoms with Gasteiger partial charge in [-0.1, -0.05) is 30.3 Å². The highest BCUT2D eigenvalue weighted by Crippen LogP contribution is 2.30. The predicted molar refractivity (Wildman–Crippen MR) is 93.3 cm³/mol. The van der Waals surface area contributed by atoms with E-state index in [0.717, 1.165) is 23.0 Å². The number of aromatic nitrogens is 3. The van der Waals surface area contributed by atoms with E-state index < -0.39 is 27.3 Å². The molecule has 0 aliphatic carbocycles. The predicted octanol–water partition coefficient (Wildman–Crippen LogP) is 2.24. The molecule has 0 aliphatic heterocycles. The summed E-state index contributed by atoms with van der Waals surface area (Å²) in [6, 6.07) is 10.8. The molecular formula is C15H11N7O5. The van der Waals surface area contributed by atoms with Gasteiger partial charge in [0.2, 0.25) is 0 Å². The number of nitrogens with zero attached hydrogens (tertiary/aromatic N) is 5. The lowest BCUT2D eigenvalue weighted by Crippen LogP contribution is -2.20. The summed E-state index contributed by atoms with van der Waals surface area (Å²) in [5.74, 6) is -0.0126. The van der Waals surface area contributed by atoms with Gasteiger partial charge in [0.1, 0.15) is 5.69 Å². The normalized spacial score (nSPS) is 10.4. The van der Waals surface area contributed by atoms with Gasteiger partial charge in [-0.25, -0.2) is 4.79 Å². The molecule has 0 bridgehead atoms. The molecule has 2 aromatic carbocycles. The number of nitro benzene ring substituents is 2. The van der Waals surface area contributed by atoms with Gasteiger partial charge in [-0.05, 0) is 6.07 Å². The van der Waals surface area contributed by atoms with Gasteiger partial charge in [0.15, 0.2) is 11.5 Å². The Labute approximate surface area is 150 Å². The third-order valence-electron chi connectivity index (χ3n) is 3.48. The van der Waals surface area contributed by atoms with Crippen LogP contribution in [0.1, 0.15) is 0 Å². The standard InChI is InChI=1S/C15H11N7O5/c16-15(23)17-14-13(9-4-2-1-3-5-9)18-20(19-14)11-7-6-10(21(24)25)8-12(11)22(26)27/h1-8H,(H3,16,17,19,23). The smallest absolute Gasteiger partial charge is 0.317 e. The maximum atomic E-state index is 11.3. The van der Waals surface area contributed by atoms with E-state index in [1.807, 2.05) is 0 Å². The van der Waals surface area contributed by atoms with Crippen LogP contribution in [0, 0.1) is 20.2 Å². The van der Waals surface area contributed by atoms with Crippen LogP contribution in [-0.2, 0) is 0 Å². The molecule has 0 radical (unpaired) electrons. The molecule has 3 aromatic rings. The maximum Gasteiger partial charge on any atom is 0.317 e. The highest BCUT2D eigenvalue weighted by Gasteiger charge is 2.24. The Morgan fingerprint density at radius 2 is 1.74 bits per heavy atom. The molecule has 0 saturated carbocycles. The molecule has 0 spiro atoms. The molecule has 12 heteroatoms. The molecular weight excluding hydrogens is 358 g/mol. The summed E-state index contributed by atoms with van der Waals surface area (Å²) < 4.78 is 0. The number of urea groups is 1. The summed E-state index contributed by atoms with van der Waals surface area (Å²) in [7, 11) is 0. The topological polar surface area (TPSA) is 172 Å². The number of anilines is 1. The van der Waals surface area contributed by atoms with Crippen LogP contribution in [0.4, 0.5) is 22.0 Å². The van der Waals surface area contributed by atoms with Gasteiger partial charge in [0.25, 0.3) is 5.69 Å². The Morgan fingerprint density at radius 3 is 2.33 bits per heavy atom. The van der Waals surface area contributed by atoms with Gasteiger partial charge >= 0.3 is 11.7 Å². The average molecular weight is 369 g/mol. The van der Waals surface area contributed by atoms with Crippen molar-refractivity contribution < 1.29 is 14.6 Å². The van der Waals surface area contributed by atoms with Crippen molar-refractivity contribution in [2.45, 2.75) is 0 Å². The molecule has 2 amide bonds. The van der Waals surface area contributed by atoms with Crippen molar-refractivity contribution in [3.05, 3.63) is 68.8 Å². The summed E-state index contributed by atoms with van der Waals surface area (Å²) in [6.45, 7) is 0. The number of rotatable bonds is 5. The minimum absolute atomic E-state index is 0.0126. The third kappa shape index (κ3) is 3.53. The Balaban J connectivity index is 2.18. The Bertz CT molecular complexity index is 1050. The van der Waals surface area contributed by atoms with Crippen LogP contribution in [0.5, 0.6) is 0 Å². The first-order chi connectivity index (χ1) is 12.9. The van der Waals surface area contributed by atoms with Crippen molar-refractivity contribution in [2.75, 3.05) is 5.32 Å². The first kappa shape index (κ1) is 17.5. The van der Waals surface area contributed by atoms with Gasteiger partial charge in [-0.2, -0.15) is 0 Å². The molecule has 0 saturated heterocycles. The third-order valence-corrected chi connectivity index (χ3v) is 3.48. The number of non-ortho nitro benzene ring substituents is 1. The maximum absolute atomic E-state index is 11.3. The molecule has 27 heavy (non-hydrogen) atoms. The van der Waals surface area contributed by atoms with Crippen LogP contribution in [0.3, 0.4) is 0 Å². The van der Waals surface area contributed by atoms with Crippen molar-refractivity contribution in [3.63, 3.8) is 0 Å². The van der Waals surface area contributed by atoms with E-state index in [0.29, 0.717) is 5.56 Å². The number of benzene rings is 2. The van der Waals surface area contributed by atoms with Crippen LogP contribution < -0.4 is 11.1 Å². The SMILES string of the molecule is NC(=O)Nc1nn(-c2ccc([N+](=O)[O-])cc2[N+](=O)[O-])nc1-c1ccccc1. The fourth-order valence-corrected chi connectivity index (χ4v) is 2.35. The van der Waals surface area contributed by atoms with Gasteiger partial charge < -0.3 is 5.73 Å². The van der Waals surface area contributed by atoms with E-state index >= 15 is 0 Å². The first-order valence-electron chi connectivity index (χ1n) is 7.39. The second-order valence-electron chi connectivity index (χ2n) is 5.23. The van der Waals surface area contributed by atoms with Gasteiger partial charge in [0.05, 0.1) is 15.9 Å². The Hall–Kier alpha value is -4.35. The van der Waals surface area contributed by atoms with Crippen LogP contribution in [0.2, 0.25) is 0 Å². The summed E-state index contributed by atoms with van der Waals surface area (Å²) >= 11 is 0. The van der Waals surface area contributed by atoms with Crippen LogP contribution in [0.25, 0.3) is 16.9 Å². The number of hydrogen-bond donors (Lipinski definition) is 2. The van der Waals surface area contributed by atoms with Crippen molar-refractivity contribution in [2.24, 2.45) is 5.73 Å². The molecule has 12 nitrogen and oxygen atoms in total. The molecule has 3 N–H and O–H groups in total. The van der Waals surface area contributed by atoms with Gasteiger partial charge in [-0.15, -0.1) is 15.0 Å². The zero-order valence-corrected chi connectivity index (χ0v) is 13.5. The number of nitrogens with two attached hydrogens (primary N) is 1. The summed E-state index contributed by atoms with van der Waals surface area (Å²) in [6.07, 6.45) is 0. The fourth-order valence-electron chi connectivity index (χ4n) is 2.35. The van der Waals surface area contributed by atoms with Crippen molar-refractivity contribution >= 4 is 23.2 Å². The molecule has 1 aromatic heterocycles. The van der Waals surface area contributed by atoms with E-state index in [9.17, 15) is 25.0 Å². The summed E-state index contributed by atoms with van der Waals surface area (Å²) in [4.78, 5) is 32.8. The lowest BCUT2D eigenvalue weighted by molar-refractivity contribution is -0.394. The van der Waals surface area contributed by atoms with Crippen LogP contribution in [0.15, 0.2) is 48.5 Å². The highest BCUT2D eigenvalue weighted by atomic mass is 16.6. The minimum Gasteiger partial charge on any atom is -0.351 e. The van der Waals surface area contributed by atoms with E-state index in [-0.39, 0.29) is 17.2 Å².